The Morgan fingerprint density at radius 1 is 1.23 bits per heavy atom. The van der Waals surface area contributed by atoms with E-state index < -0.39 is 17.8 Å². The number of imidazole rings is 1. The SMILES string of the molecule is CCOC(=O)Nc1nc2ncc(Oc3ccc(C(F)(F)F)cc3)cc2[nH]1. The summed E-state index contributed by atoms with van der Waals surface area (Å²) in [4.78, 5) is 22.3. The highest BCUT2D eigenvalue weighted by Crippen LogP contribution is 2.31. The van der Waals surface area contributed by atoms with E-state index in [1.54, 1.807) is 13.0 Å². The second kappa shape index (κ2) is 6.90. The fourth-order valence-electron chi connectivity index (χ4n) is 2.11. The number of fused-ring (bicyclic) bond motifs is 1. The summed E-state index contributed by atoms with van der Waals surface area (Å²) in [7, 11) is 0. The highest BCUT2D eigenvalue weighted by Gasteiger charge is 2.30. The molecule has 2 N–H and O–H groups in total. The molecule has 3 aromatic rings. The van der Waals surface area contributed by atoms with Crippen molar-refractivity contribution >= 4 is 23.2 Å². The van der Waals surface area contributed by atoms with Crippen LogP contribution in [0, 0.1) is 0 Å². The van der Waals surface area contributed by atoms with Crippen molar-refractivity contribution in [3.63, 3.8) is 0 Å². The molecule has 7 nitrogen and oxygen atoms in total. The quantitative estimate of drug-likeness (QED) is 0.717. The van der Waals surface area contributed by atoms with Crippen molar-refractivity contribution in [2.24, 2.45) is 0 Å². The summed E-state index contributed by atoms with van der Waals surface area (Å²) in [6.45, 7) is 1.89. The van der Waals surface area contributed by atoms with E-state index in [1.807, 2.05) is 0 Å². The van der Waals surface area contributed by atoms with E-state index in [9.17, 15) is 18.0 Å². The molecule has 1 aromatic carbocycles. The minimum absolute atomic E-state index is 0.151. The monoisotopic (exact) mass is 366 g/mol. The summed E-state index contributed by atoms with van der Waals surface area (Å²) in [5, 5.41) is 2.41. The summed E-state index contributed by atoms with van der Waals surface area (Å²) in [6, 6.07) is 5.85. The number of carbonyl (C=O) groups is 1. The van der Waals surface area contributed by atoms with Crippen LogP contribution in [0.15, 0.2) is 36.5 Å². The van der Waals surface area contributed by atoms with Crippen LogP contribution in [-0.4, -0.2) is 27.7 Å². The van der Waals surface area contributed by atoms with Crippen LogP contribution in [0.4, 0.5) is 23.9 Å². The van der Waals surface area contributed by atoms with Crippen molar-refractivity contribution in [2.45, 2.75) is 13.1 Å². The maximum absolute atomic E-state index is 12.6. The molecule has 0 atom stereocenters. The first-order valence-corrected chi connectivity index (χ1v) is 7.50. The van der Waals surface area contributed by atoms with Crippen molar-refractivity contribution < 1.29 is 27.4 Å². The van der Waals surface area contributed by atoms with Crippen LogP contribution >= 0.6 is 0 Å². The lowest BCUT2D eigenvalue weighted by Gasteiger charge is -2.08. The number of aromatic nitrogens is 3. The molecule has 0 unspecified atom stereocenters. The lowest BCUT2D eigenvalue weighted by atomic mass is 10.2. The molecular weight excluding hydrogens is 353 g/mol. The van der Waals surface area contributed by atoms with Gasteiger partial charge in [-0.05, 0) is 31.2 Å². The van der Waals surface area contributed by atoms with E-state index in [1.165, 1.54) is 18.3 Å². The molecular formula is C16H13F3N4O3. The molecule has 0 saturated carbocycles. The van der Waals surface area contributed by atoms with Crippen LogP contribution in [0.1, 0.15) is 12.5 Å². The van der Waals surface area contributed by atoms with Gasteiger partial charge in [-0.25, -0.2) is 9.78 Å². The molecule has 26 heavy (non-hydrogen) atoms. The Hall–Kier alpha value is -3.30. The second-order valence-electron chi connectivity index (χ2n) is 5.10. The van der Waals surface area contributed by atoms with Gasteiger partial charge in [-0.2, -0.15) is 18.2 Å². The zero-order valence-corrected chi connectivity index (χ0v) is 13.4. The number of nitrogens with zero attached hydrogens (tertiary/aromatic N) is 2. The van der Waals surface area contributed by atoms with Gasteiger partial charge in [0, 0.05) is 6.07 Å². The van der Waals surface area contributed by atoms with Crippen molar-refractivity contribution in [3.05, 3.63) is 42.1 Å². The topological polar surface area (TPSA) is 89.1 Å². The van der Waals surface area contributed by atoms with Gasteiger partial charge in [-0.1, -0.05) is 0 Å². The third-order valence-electron chi connectivity index (χ3n) is 3.23. The number of halogens is 3. The number of H-pyrrole nitrogens is 1. The molecule has 0 fully saturated rings. The van der Waals surface area contributed by atoms with Gasteiger partial charge < -0.3 is 14.5 Å². The fourth-order valence-corrected chi connectivity index (χ4v) is 2.11. The Labute approximate surface area is 145 Å². The fraction of sp³-hybridized carbons (Fsp3) is 0.188. The Bertz CT molecular complexity index is 923. The Balaban J connectivity index is 1.75. The largest absolute Gasteiger partial charge is 0.456 e. The highest BCUT2D eigenvalue weighted by molar-refractivity contribution is 5.85. The van der Waals surface area contributed by atoms with Gasteiger partial charge in [0.1, 0.15) is 11.5 Å². The van der Waals surface area contributed by atoms with E-state index in [2.05, 4.69) is 20.3 Å². The number of rotatable bonds is 4. The number of nitrogens with one attached hydrogen (secondary N) is 2. The second-order valence-corrected chi connectivity index (χ2v) is 5.10. The van der Waals surface area contributed by atoms with Gasteiger partial charge >= 0.3 is 12.3 Å². The number of amides is 1. The maximum atomic E-state index is 12.6. The predicted octanol–water partition coefficient (Wildman–Crippen LogP) is 4.34. The lowest BCUT2D eigenvalue weighted by Crippen LogP contribution is -2.14. The molecule has 1 amide bonds. The standard InChI is InChI=1S/C16H13F3N4O3/c1-2-25-15(24)23-14-21-12-7-11(8-20-13(12)22-14)26-10-5-3-9(4-6-10)16(17,18)19/h3-8H,2H2,1H3,(H2,20,21,22,23,24). The first-order valence-electron chi connectivity index (χ1n) is 7.50. The molecule has 0 bridgehead atoms. The number of hydrogen-bond acceptors (Lipinski definition) is 5. The molecule has 0 aliphatic heterocycles. The molecule has 10 heteroatoms. The zero-order valence-electron chi connectivity index (χ0n) is 13.4. The van der Waals surface area contributed by atoms with Crippen LogP contribution in [0.2, 0.25) is 0 Å². The van der Waals surface area contributed by atoms with Crippen molar-refractivity contribution in [1.29, 1.82) is 0 Å². The van der Waals surface area contributed by atoms with Crippen molar-refractivity contribution in [3.8, 4) is 11.5 Å². The van der Waals surface area contributed by atoms with E-state index in [0.29, 0.717) is 16.9 Å². The Morgan fingerprint density at radius 3 is 2.62 bits per heavy atom. The number of pyridine rings is 1. The number of hydrogen-bond donors (Lipinski definition) is 2. The number of benzene rings is 1. The minimum atomic E-state index is -4.41. The van der Waals surface area contributed by atoms with Crippen LogP contribution in [0.25, 0.3) is 11.2 Å². The number of carbonyl (C=O) groups excluding carboxylic acids is 1. The van der Waals surface area contributed by atoms with E-state index in [4.69, 9.17) is 9.47 Å². The molecule has 136 valence electrons. The lowest BCUT2D eigenvalue weighted by molar-refractivity contribution is -0.137. The van der Waals surface area contributed by atoms with Crippen LogP contribution in [0.5, 0.6) is 11.5 Å². The van der Waals surface area contributed by atoms with Gasteiger partial charge in [0.15, 0.2) is 5.65 Å². The average molecular weight is 366 g/mol. The molecule has 0 radical (unpaired) electrons. The van der Waals surface area contributed by atoms with E-state index in [0.717, 1.165) is 12.1 Å². The molecule has 0 aliphatic carbocycles. The van der Waals surface area contributed by atoms with Gasteiger partial charge in [0.05, 0.1) is 23.9 Å². The van der Waals surface area contributed by atoms with Crippen molar-refractivity contribution in [1.82, 2.24) is 15.0 Å². The third-order valence-corrected chi connectivity index (χ3v) is 3.23. The maximum Gasteiger partial charge on any atom is 0.416 e. The first-order chi connectivity index (χ1) is 12.3. The molecule has 2 aromatic heterocycles. The number of anilines is 1. The predicted molar refractivity (Wildman–Crippen MR) is 86.1 cm³/mol. The Morgan fingerprint density at radius 2 is 1.96 bits per heavy atom. The molecule has 0 saturated heterocycles. The average Bonchev–Trinajstić information content (AvgIpc) is 2.96. The molecule has 0 spiro atoms. The van der Waals surface area contributed by atoms with E-state index >= 15 is 0 Å². The van der Waals surface area contributed by atoms with Crippen LogP contribution in [-0.2, 0) is 10.9 Å². The minimum Gasteiger partial charge on any atom is -0.456 e. The van der Waals surface area contributed by atoms with Crippen LogP contribution < -0.4 is 10.1 Å². The highest BCUT2D eigenvalue weighted by atomic mass is 19.4. The van der Waals surface area contributed by atoms with Gasteiger partial charge in [-0.15, -0.1) is 0 Å². The smallest absolute Gasteiger partial charge is 0.416 e. The number of aromatic amines is 1. The summed E-state index contributed by atoms with van der Waals surface area (Å²) in [6.07, 6.45) is -3.69. The zero-order chi connectivity index (χ0) is 18.7. The Kier molecular flexibility index (Phi) is 4.65. The third kappa shape index (κ3) is 4.02. The normalized spacial score (nSPS) is 11.4. The van der Waals surface area contributed by atoms with Crippen LogP contribution in [0.3, 0.4) is 0 Å². The molecule has 2 heterocycles. The van der Waals surface area contributed by atoms with Crippen molar-refractivity contribution in [2.75, 3.05) is 11.9 Å². The van der Waals surface area contributed by atoms with Gasteiger partial charge in [-0.3, -0.25) is 5.32 Å². The van der Waals surface area contributed by atoms with Gasteiger partial charge in [0.25, 0.3) is 0 Å². The summed E-state index contributed by atoms with van der Waals surface area (Å²) in [5.41, 5.74) is 0.0412. The summed E-state index contributed by atoms with van der Waals surface area (Å²) >= 11 is 0. The van der Waals surface area contributed by atoms with Gasteiger partial charge in [0.2, 0.25) is 5.95 Å². The molecule has 0 aliphatic rings. The van der Waals surface area contributed by atoms with E-state index in [-0.39, 0.29) is 18.3 Å². The molecule has 3 rings (SSSR count). The first kappa shape index (κ1) is 17.5. The number of ether oxygens (including phenoxy) is 2. The number of alkyl halides is 3. The summed E-state index contributed by atoms with van der Waals surface area (Å²) < 4.78 is 47.9. The summed E-state index contributed by atoms with van der Waals surface area (Å²) in [5.74, 6) is 0.671.